The van der Waals surface area contributed by atoms with E-state index < -0.39 is 11.6 Å². The standard InChI is InChI=1S/C9H13N5O2/c1-10-5-9(6-3-4-11-14(6)2)7(15)12-8(16)13-9/h3-4,10H,5H2,1-2H3,(H2,12,13,15,16). The van der Waals surface area contributed by atoms with E-state index in [0.717, 1.165) is 0 Å². The van der Waals surface area contributed by atoms with Crippen molar-refractivity contribution in [2.45, 2.75) is 5.54 Å². The molecule has 0 aliphatic carbocycles. The molecule has 1 aliphatic rings. The highest BCUT2D eigenvalue weighted by Crippen LogP contribution is 2.23. The highest BCUT2D eigenvalue weighted by Gasteiger charge is 2.49. The van der Waals surface area contributed by atoms with Crippen LogP contribution in [0, 0.1) is 0 Å². The van der Waals surface area contributed by atoms with Crippen molar-refractivity contribution in [2.24, 2.45) is 7.05 Å². The van der Waals surface area contributed by atoms with Crippen molar-refractivity contribution in [1.82, 2.24) is 25.7 Å². The van der Waals surface area contributed by atoms with Gasteiger partial charge in [0.25, 0.3) is 5.91 Å². The summed E-state index contributed by atoms with van der Waals surface area (Å²) in [7, 11) is 3.44. The number of aromatic nitrogens is 2. The maximum atomic E-state index is 11.9. The Balaban J connectivity index is 2.48. The van der Waals surface area contributed by atoms with E-state index in [4.69, 9.17) is 0 Å². The number of hydrogen-bond acceptors (Lipinski definition) is 4. The van der Waals surface area contributed by atoms with Gasteiger partial charge in [0.15, 0.2) is 5.54 Å². The van der Waals surface area contributed by atoms with Crippen LogP contribution in [0.2, 0.25) is 0 Å². The van der Waals surface area contributed by atoms with E-state index in [2.05, 4.69) is 21.0 Å². The van der Waals surface area contributed by atoms with Crippen molar-refractivity contribution in [1.29, 1.82) is 0 Å². The van der Waals surface area contributed by atoms with Gasteiger partial charge < -0.3 is 10.6 Å². The lowest BCUT2D eigenvalue weighted by molar-refractivity contribution is -0.124. The van der Waals surface area contributed by atoms with Gasteiger partial charge in [-0.05, 0) is 13.1 Å². The second-order valence-electron chi connectivity index (χ2n) is 3.68. The van der Waals surface area contributed by atoms with Crippen molar-refractivity contribution < 1.29 is 9.59 Å². The van der Waals surface area contributed by atoms with Crippen LogP contribution >= 0.6 is 0 Å². The lowest BCUT2D eigenvalue weighted by atomic mass is 9.95. The SMILES string of the molecule is CNCC1(c2ccnn2C)NC(=O)NC1=O. The fourth-order valence-electron chi connectivity index (χ4n) is 1.94. The summed E-state index contributed by atoms with van der Waals surface area (Å²) in [5.41, 5.74) is -0.429. The van der Waals surface area contributed by atoms with Crippen LogP contribution in [0.3, 0.4) is 0 Å². The molecule has 0 bridgehead atoms. The highest BCUT2D eigenvalue weighted by atomic mass is 16.2. The third-order valence-electron chi connectivity index (χ3n) is 2.64. The van der Waals surface area contributed by atoms with Gasteiger partial charge in [-0.25, -0.2) is 4.79 Å². The first kappa shape index (κ1) is 10.6. The van der Waals surface area contributed by atoms with Crippen molar-refractivity contribution in [2.75, 3.05) is 13.6 Å². The molecule has 2 heterocycles. The minimum atomic E-state index is -1.07. The van der Waals surface area contributed by atoms with Gasteiger partial charge in [0.05, 0.1) is 5.69 Å². The molecular formula is C9H13N5O2. The van der Waals surface area contributed by atoms with Gasteiger partial charge in [-0.2, -0.15) is 5.10 Å². The Morgan fingerprint density at radius 1 is 1.56 bits per heavy atom. The highest BCUT2D eigenvalue weighted by molar-refractivity contribution is 6.07. The maximum Gasteiger partial charge on any atom is 0.322 e. The van der Waals surface area contributed by atoms with E-state index in [-0.39, 0.29) is 5.91 Å². The van der Waals surface area contributed by atoms with Gasteiger partial charge >= 0.3 is 6.03 Å². The smallest absolute Gasteiger partial charge is 0.317 e. The number of imide groups is 1. The molecule has 7 nitrogen and oxygen atoms in total. The molecule has 7 heteroatoms. The second-order valence-corrected chi connectivity index (χ2v) is 3.68. The van der Waals surface area contributed by atoms with Gasteiger partial charge in [0.1, 0.15) is 0 Å². The normalized spacial score (nSPS) is 24.4. The fraction of sp³-hybridized carbons (Fsp3) is 0.444. The van der Waals surface area contributed by atoms with E-state index in [0.29, 0.717) is 12.2 Å². The first-order chi connectivity index (χ1) is 7.60. The quantitative estimate of drug-likeness (QED) is 0.554. The van der Waals surface area contributed by atoms with E-state index >= 15 is 0 Å². The Morgan fingerprint density at radius 2 is 2.31 bits per heavy atom. The van der Waals surface area contributed by atoms with Gasteiger partial charge in [-0.15, -0.1) is 0 Å². The van der Waals surface area contributed by atoms with Crippen molar-refractivity contribution in [3.05, 3.63) is 18.0 Å². The molecule has 3 N–H and O–H groups in total. The van der Waals surface area contributed by atoms with Crippen LogP contribution in [0.5, 0.6) is 0 Å². The van der Waals surface area contributed by atoms with Crippen LogP contribution in [0.25, 0.3) is 0 Å². The lowest BCUT2D eigenvalue weighted by Crippen LogP contribution is -2.51. The summed E-state index contributed by atoms with van der Waals surface area (Å²) in [6.07, 6.45) is 1.59. The topological polar surface area (TPSA) is 88.1 Å². The van der Waals surface area contributed by atoms with Crippen LogP contribution < -0.4 is 16.0 Å². The molecule has 1 unspecified atom stereocenters. The minimum absolute atomic E-state index is 0.310. The molecule has 0 radical (unpaired) electrons. The maximum absolute atomic E-state index is 11.9. The van der Waals surface area contributed by atoms with Crippen LogP contribution in [0.1, 0.15) is 5.69 Å². The summed E-state index contributed by atoms with van der Waals surface area (Å²) < 4.78 is 1.57. The second kappa shape index (κ2) is 3.60. The molecule has 1 atom stereocenters. The third kappa shape index (κ3) is 1.36. The summed E-state index contributed by atoms with van der Waals surface area (Å²) in [4.78, 5) is 23.1. The van der Waals surface area contributed by atoms with Gasteiger partial charge in [-0.1, -0.05) is 0 Å². The molecule has 1 aromatic heterocycles. The number of urea groups is 1. The molecule has 1 aliphatic heterocycles. The Hall–Kier alpha value is -1.89. The summed E-state index contributed by atoms with van der Waals surface area (Å²) in [6.45, 7) is 0.310. The number of rotatable bonds is 3. The Morgan fingerprint density at radius 3 is 2.75 bits per heavy atom. The Labute approximate surface area is 92.2 Å². The summed E-state index contributed by atoms with van der Waals surface area (Å²) in [5.74, 6) is -0.365. The van der Waals surface area contributed by atoms with E-state index in [1.165, 1.54) is 0 Å². The van der Waals surface area contributed by atoms with Crippen LogP contribution in [-0.4, -0.2) is 35.3 Å². The molecule has 1 aromatic rings. The largest absolute Gasteiger partial charge is 0.322 e. The van der Waals surface area contributed by atoms with Crippen LogP contribution in [0.15, 0.2) is 12.3 Å². The number of nitrogens with one attached hydrogen (secondary N) is 3. The molecule has 0 saturated carbocycles. The minimum Gasteiger partial charge on any atom is -0.317 e. The Kier molecular flexibility index (Phi) is 2.39. The van der Waals surface area contributed by atoms with E-state index in [1.807, 2.05) is 0 Å². The molecule has 1 saturated heterocycles. The summed E-state index contributed by atoms with van der Waals surface area (Å²) in [6, 6.07) is 1.23. The molecule has 3 amide bonds. The fourth-order valence-corrected chi connectivity index (χ4v) is 1.94. The van der Waals surface area contributed by atoms with E-state index in [1.54, 1.807) is 31.0 Å². The number of carbonyl (C=O) groups excluding carboxylic acids is 2. The molecular weight excluding hydrogens is 210 g/mol. The van der Waals surface area contributed by atoms with Gasteiger partial charge in [0.2, 0.25) is 0 Å². The first-order valence-corrected chi connectivity index (χ1v) is 4.87. The van der Waals surface area contributed by atoms with Gasteiger partial charge in [-0.3, -0.25) is 14.8 Å². The number of nitrogens with zero attached hydrogens (tertiary/aromatic N) is 2. The number of likely N-dealkylation sites (N-methyl/N-ethyl adjacent to an activating group) is 1. The number of carbonyl (C=O) groups is 2. The average Bonchev–Trinajstić information content (AvgIpc) is 2.73. The summed E-state index contributed by atoms with van der Waals surface area (Å²) in [5, 5.41) is 11.8. The third-order valence-corrected chi connectivity index (χ3v) is 2.64. The number of amides is 3. The predicted molar refractivity (Wildman–Crippen MR) is 55.5 cm³/mol. The van der Waals surface area contributed by atoms with Crippen molar-refractivity contribution in [3.63, 3.8) is 0 Å². The monoisotopic (exact) mass is 223 g/mol. The number of hydrogen-bond donors (Lipinski definition) is 3. The molecule has 1 fully saturated rings. The zero-order valence-electron chi connectivity index (χ0n) is 9.07. The molecule has 16 heavy (non-hydrogen) atoms. The van der Waals surface area contributed by atoms with Gasteiger partial charge in [0, 0.05) is 19.8 Å². The average molecular weight is 223 g/mol. The zero-order valence-corrected chi connectivity index (χ0v) is 9.07. The molecule has 86 valence electrons. The Bertz CT molecular complexity index is 441. The van der Waals surface area contributed by atoms with E-state index in [9.17, 15) is 9.59 Å². The van der Waals surface area contributed by atoms with Crippen LogP contribution in [0.4, 0.5) is 4.79 Å². The molecule has 2 rings (SSSR count). The molecule has 0 spiro atoms. The van der Waals surface area contributed by atoms with Crippen molar-refractivity contribution in [3.8, 4) is 0 Å². The zero-order chi connectivity index (χ0) is 11.8. The number of aryl methyl sites for hydroxylation is 1. The van der Waals surface area contributed by atoms with Crippen molar-refractivity contribution >= 4 is 11.9 Å². The lowest BCUT2D eigenvalue weighted by Gasteiger charge is -2.25. The molecule has 0 aromatic carbocycles. The van der Waals surface area contributed by atoms with Crippen LogP contribution in [-0.2, 0) is 17.4 Å². The first-order valence-electron chi connectivity index (χ1n) is 4.87. The summed E-state index contributed by atoms with van der Waals surface area (Å²) >= 11 is 0. The predicted octanol–water partition coefficient (Wildman–Crippen LogP) is -1.33.